The van der Waals surface area contributed by atoms with Gasteiger partial charge in [-0.3, -0.25) is 9.59 Å². The van der Waals surface area contributed by atoms with Crippen LogP contribution in [0.15, 0.2) is 48.5 Å². The lowest BCUT2D eigenvalue weighted by atomic mass is 10.0. The van der Waals surface area contributed by atoms with E-state index < -0.39 is 5.91 Å². The Hall–Kier alpha value is -3.02. The van der Waals surface area contributed by atoms with Crippen LogP contribution in [0.2, 0.25) is 0 Å². The van der Waals surface area contributed by atoms with Gasteiger partial charge in [0, 0.05) is 12.1 Å². The second-order valence-corrected chi connectivity index (χ2v) is 6.21. The van der Waals surface area contributed by atoms with Crippen molar-refractivity contribution in [3.05, 3.63) is 59.7 Å². The van der Waals surface area contributed by atoms with Crippen LogP contribution in [0.1, 0.15) is 34.8 Å². The molecule has 6 nitrogen and oxygen atoms in total. The Kier molecular flexibility index (Phi) is 5.41. The summed E-state index contributed by atoms with van der Waals surface area (Å²) in [6.07, 6.45) is 1.92. The van der Waals surface area contributed by atoms with Crippen molar-refractivity contribution in [2.24, 2.45) is 5.73 Å². The van der Waals surface area contributed by atoms with E-state index in [0.717, 1.165) is 30.7 Å². The number of likely N-dealkylation sites (tertiary alicyclic amines) is 1. The van der Waals surface area contributed by atoms with Gasteiger partial charge in [-0.15, -0.1) is 0 Å². The normalized spacial score (nSPS) is 16.3. The van der Waals surface area contributed by atoms with Gasteiger partial charge in [0.25, 0.3) is 11.8 Å². The van der Waals surface area contributed by atoms with E-state index in [-0.39, 0.29) is 18.6 Å². The number of nitrogens with zero attached hydrogens (tertiary/aromatic N) is 1. The summed E-state index contributed by atoms with van der Waals surface area (Å²) in [6, 6.07) is 14.7. The minimum atomic E-state index is -0.537. The molecule has 2 N–H and O–H groups in total. The van der Waals surface area contributed by atoms with E-state index in [0.29, 0.717) is 11.3 Å². The van der Waals surface area contributed by atoms with Crippen molar-refractivity contribution in [1.82, 2.24) is 4.90 Å². The lowest BCUT2D eigenvalue weighted by molar-refractivity contribution is -0.119. The summed E-state index contributed by atoms with van der Waals surface area (Å²) in [5, 5.41) is 0. The highest BCUT2D eigenvalue weighted by Gasteiger charge is 2.30. The molecule has 1 fully saturated rings. The highest BCUT2D eigenvalue weighted by atomic mass is 16.5. The molecule has 3 rings (SSSR count). The Morgan fingerprint density at radius 3 is 2.35 bits per heavy atom. The number of primary amides is 1. The Morgan fingerprint density at radius 2 is 1.73 bits per heavy atom. The molecular weight excluding hydrogens is 332 g/mol. The van der Waals surface area contributed by atoms with E-state index >= 15 is 0 Å². The van der Waals surface area contributed by atoms with E-state index in [2.05, 4.69) is 0 Å². The van der Waals surface area contributed by atoms with E-state index in [1.165, 1.54) is 0 Å². The fourth-order valence-electron chi connectivity index (χ4n) is 3.20. The number of methoxy groups -OCH3 is 1. The van der Waals surface area contributed by atoms with Gasteiger partial charge < -0.3 is 20.1 Å². The molecule has 2 aromatic rings. The summed E-state index contributed by atoms with van der Waals surface area (Å²) in [5.74, 6) is 0.763. The Morgan fingerprint density at radius 1 is 1.08 bits per heavy atom. The maximum absolute atomic E-state index is 12.9. The maximum Gasteiger partial charge on any atom is 0.255 e. The highest BCUT2D eigenvalue weighted by molar-refractivity contribution is 5.94. The fourth-order valence-corrected chi connectivity index (χ4v) is 3.20. The van der Waals surface area contributed by atoms with Gasteiger partial charge in [0.05, 0.1) is 13.2 Å². The first kappa shape index (κ1) is 17.8. The van der Waals surface area contributed by atoms with Crippen LogP contribution in [0.4, 0.5) is 0 Å². The number of amides is 2. The Balaban J connectivity index is 1.72. The number of hydrogen-bond acceptors (Lipinski definition) is 4. The second-order valence-electron chi connectivity index (χ2n) is 6.21. The molecule has 2 amide bonds. The molecule has 0 spiro atoms. The molecular formula is C20H22N2O4. The first-order valence-electron chi connectivity index (χ1n) is 8.54. The molecule has 0 bridgehead atoms. The average molecular weight is 354 g/mol. The van der Waals surface area contributed by atoms with Crippen LogP contribution in [0.5, 0.6) is 11.5 Å². The molecule has 0 saturated carbocycles. The van der Waals surface area contributed by atoms with Crippen molar-refractivity contribution < 1.29 is 19.1 Å². The second kappa shape index (κ2) is 7.91. The Labute approximate surface area is 152 Å². The third-order valence-corrected chi connectivity index (χ3v) is 4.50. The van der Waals surface area contributed by atoms with Crippen LogP contribution in [0, 0.1) is 0 Å². The van der Waals surface area contributed by atoms with E-state index in [1.54, 1.807) is 31.4 Å². The van der Waals surface area contributed by atoms with Gasteiger partial charge in [0.15, 0.2) is 6.61 Å². The zero-order chi connectivity index (χ0) is 18.5. The van der Waals surface area contributed by atoms with Crippen LogP contribution in [-0.2, 0) is 4.79 Å². The number of carbonyl (C=O) groups is 2. The molecule has 26 heavy (non-hydrogen) atoms. The molecule has 1 heterocycles. The number of nitrogens with two attached hydrogens (primary N) is 1. The van der Waals surface area contributed by atoms with Crippen molar-refractivity contribution in [2.75, 3.05) is 20.3 Å². The van der Waals surface area contributed by atoms with E-state index in [9.17, 15) is 9.59 Å². The van der Waals surface area contributed by atoms with Crippen molar-refractivity contribution >= 4 is 11.8 Å². The van der Waals surface area contributed by atoms with Gasteiger partial charge in [-0.1, -0.05) is 12.1 Å². The summed E-state index contributed by atoms with van der Waals surface area (Å²) in [7, 11) is 1.64. The smallest absolute Gasteiger partial charge is 0.255 e. The number of carbonyl (C=O) groups excluding carboxylic acids is 2. The van der Waals surface area contributed by atoms with Crippen LogP contribution in [0.25, 0.3) is 0 Å². The number of ether oxygens (including phenoxy) is 2. The summed E-state index contributed by atoms with van der Waals surface area (Å²) in [6.45, 7) is 0.550. The lowest BCUT2D eigenvalue weighted by Crippen LogP contribution is -2.30. The molecule has 1 saturated heterocycles. The SMILES string of the molecule is COc1ccc(C2CCCN2C(=O)c2ccc(OCC(N)=O)cc2)cc1. The van der Waals surface area contributed by atoms with E-state index in [4.69, 9.17) is 15.2 Å². The molecule has 0 aromatic heterocycles. The predicted molar refractivity (Wildman–Crippen MR) is 97.1 cm³/mol. The average Bonchev–Trinajstić information content (AvgIpc) is 3.16. The van der Waals surface area contributed by atoms with E-state index in [1.807, 2.05) is 29.2 Å². The molecule has 1 unspecified atom stereocenters. The van der Waals surface area contributed by atoms with Gasteiger partial charge in [0.1, 0.15) is 11.5 Å². The maximum atomic E-state index is 12.9. The minimum absolute atomic E-state index is 0.00947. The molecule has 6 heteroatoms. The molecule has 0 aliphatic carbocycles. The standard InChI is InChI=1S/C20H22N2O4/c1-25-16-8-4-14(5-9-16)18-3-2-12-22(18)20(24)15-6-10-17(11-7-15)26-13-19(21)23/h4-11,18H,2-3,12-13H2,1H3,(H2,21,23). The summed E-state index contributed by atoms with van der Waals surface area (Å²) in [5.41, 5.74) is 6.76. The van der Waals surface area contributed by atoms with Crippen LogP contribution in [0.3, 0.4) is 0 Å². The largest absolute Gasteiger partial charge is 0.497 e. The van der Waals surface area contributed by atoms with Crippen LogP contribution < -0.4 is 15.2 Å². The first-order valence-corrected chi connectivity index (χ1v) is 8.54. The predicted octanol–water partition coefficient (Wildman–Crippen LogP) is 2.54. The van der Waals surface area contributed by atoms with Crippen molar-refractivity contribution in [3.8, 4) is 11.5 Å². The topological polar surface area (TPSA) is 81.9 Å². The van der Waals surface area contributed by atoms with Gasteiger partial charge in [0.2, 0.25) is 0 Å². The first-order chi connectivity index (χ1) is 12.6. The summed E-state index contributed by atoms with van der Waals surface area (Å²) in [4.78, 5) is 25.6. The Bertz CT molecular complexity index is 771. The lowest BCUT2D eigenvalue weighted by Gasteiger charge is -2.25. The summed E-state index contributed by atoms with van der Waals surface area (Å²) >= 11 is 0. The van der Waals surface area contributed by atoms with Crippen molar-refractivity contribution in [1.29, 1.82) is 0 Å². The van der Waals surface area contributed by atoms with Crippen LogP contribution >= 0.6 is 0 Å². The third-order valence-electron chi connectivity index (χ3n) is 4.50. The monoisotopic (exact) mass is 354 g/mol. The molecule has 0 radical (unpaired) electrons. The number of hydrogen-bond donors (Lipinski definition) is 1. The van der Waals surface area contributed by atoms with Crippen molar-refractivity contribution in [2.45, 2.75) is 18.9 Å². The summed E-state index contributed by atoms with van der Waals surface area (Å²) < 4.78 is 10.4. The van der Waals surface area contributed by atoms with Gasteiger partial charge >= 0.3 is 0 Å². The van der Waals surface area contributed by atoms with Gasteiger partial charge in [-0.05, 0) is 54.8 Å². The quantitative estimate of drug-likeness (QED) is 0.864. The third kappa shape index (κ3) is 3.96. The zero-order valence-electron chi connectivity index (χ0n) is 14.7. The molecule has 1 aliphatic rings. The number of benzene rings is 2. The van der Waals surface area contributed by atoms with Gasteiger partial charge in [-0.25, -0.2) is 0 Å². The zero-order valence-corrected chi connectivity index (χ0v) is 14.7. The number of rotatable bonds is 6. The molecule has 1 aliphatic heterocycles. The van der Waals surface area contributed by atoms with Crippen molar-refractivity contribution in [3.63, 3.8) is 0 Å². The molecule has 2 aromatic carbocycles. The molecule has 136 valence electrons. The minimum Gasteiger partial charge on any atom is -0.497 e. The molecule has 1 atom stereocenters. The van der Waals surface area contributed by atoms with Gasteiger partial charge in [-0.2, -0.15) is 0 Å². The highest BCUT2D eigenvalue weighted by Crippen LogP contribution is 2.34. The fraction of sp³-hybridized carbons (Fsp3) is 0.300. The van der Waals surface area contributed by atoms with Crippen LogP contribution in [-0.4, -0.2) is 37.0 Å².